The molecule has 3 aromatic heterocycles. The van der Waals surface area contributed by atoms with Crippen molar-refractivity contribution in [1.29, 1.82) is 0 Å². The van der Waals surface area contributed by atoms with Crippen LogP contribution < -0.4 is 9.64 Å². The first kappa shape index (κ1) is 22.6. The summed E-state index contributed by atoms with van der Waals surface area (Å²) in [6.07, 6.45) is 9.93. The summed E-state index contributed by atoms with van der Waals surface area (Å²) in [6.45, 7) is 5.02. The molecule has 0 aliphatic carbocycles. The summed E-state index contributed by atoms with van der Waals surface area (Å²) >= 11 is 0. The van der Waals surface area contributed by atoms with Gasteiger partial charge in [0.05, 0.1) is 18.3 Å². The number of hydrogen-bond acceptors (Lipinski definition) is 7. The van der Waals surface area contributed by atoms with Crippen LogP contribution in [-0.2, 0) is 0 Å². The van der Waals surface area contributed by atoms with Crippen LogP contribution in [0, 0.1) is 6.92 Å². The molecule has 1 saturated heterocycles. The van der Waals surface area contributed by atoms with Crippen LogP contribution in [0.25, 0.3) is 11.1 Å². The maximum atomic E-state index is 13.8. The molecule has 0 saturated carbocycles. The van der Waals surface area contributed by atoms with Crippen LogP contribution in [0.2, 0.25) is 0 Å². The van der Waals surface area contributed by atoms with Crippen molar-refractivity contribution in [2.45, 2.75) is 39.2 Å². The highest BCUT2D eigenvalue weighted by Gasteiger charge is 2.33. The molecule has 3 aromatic rings. The van der Waals surface area contributed by atoms with Gasteiger partial charge < -0.3 is 14.5 Å². The quantitative estimate of drug-likeness (QED) is 0.564. The summed E-state index contributed by atoms with van der Waals surface area (Å²) < 4.78 is 5.65. The minimum Gasteiger partial charge on any atom is -0.477 e. The zero-order valence-electron chi connectivity index (χ0n) is 19.7. The van der Waals surface area contributed by atoms with E-state index in [1.54, 1.807) is 24.5 Å². The Morgan fingerprint density at radius 3 is 2.76 bits per heavy atom. The molecule has 0 spiro atoms. The van der Waals surface area contributed by atoms with Crippen molar-refractivity contribution >= 4 is 11.9 Å². The van der Waals surface area contributed by atoms with Gasteiger partial charge >= 0.3 is 0 Å². The number of carbonyl (C=O) groups is 1. The van der Waals surface area contributed by atoms with Gasteiger partial charge in [-0.05, 0) is 62.4 Å². The highest BCUT2D eigenvalue weighted by Crippen LogP contribution is 2.38. The second-order valence-electron chi connectivity index (χ2n) is 8.35. The third-order valence-corrected chi connectivity index (χ3v) is 5.88. The van der Waals surface area contributed by atoms with Crippen LogP contribution in [0.3, 0.4) is 0 Å². The minimum atomic E-state index is -0.176. The van der Waals surface area contributed by atoms with Gasteiger partial charge in [-0.25, -0.2) is 15.0 Å². The van der Waals surface area contributed by atoms with Crippen LogP contribution in [-0.4, -0.2) is 58.0 Å². The number of likely N-dealkylation sites (tertiary alicyclic amines) is 1. The predicted molar refractivity (Wildman–Crippen MR) is 127 cm³/mol. The number of anilines is 1. The van der Waals surface area contributed by atoms with Gasteiger partial charge in [0.25, 0.3) is 5.91 Å². The summed E-state index contributed by atoms with van der Waals surface area (Å²) in [6, 6.07) is 5.36. The van der Waals surface area contributed by atoms with Crippen LogP contribution in [0.15, 0.2) is 43.0 Å². The number of piperidine rings is 1. The normalized spacial score (nSPS) is 15.9. The number of pyridine rings is 2. The molecule has 4 rings (SSSR count). The van der Waals surface area contributed by atoms with Crippen molar-refractivity contribution in [2.75, 3.05) is 32.1 Å². The Morgan fingerprint density at radius 2 is 2.00 bits per heavy atom. The van der Waals surface area contributed by atoms with Crippen molar-refractivity contribution in [1.82, 2.24) is 24.8 Å². The van der Waals surface area contributed by atoms with Gasteiger partial charge in [0.15, 0.2) is 0 Å². The molecule has 1 aliphatic rings. The third kappa shape index (κ3) is 4.65. The highest BCUT2D eigenvalue weighted by atomic mass is 16.5. The average molecular weight is 447 g/mol. The van der Waals surface area contributed by atoms with Crippen molar-refractivity contribution in [2.24, 2.45) is 0 Å². The first-order valence-corrected chi connectivity index (χ1v) is 11.3. The minimum absolute atomic E-state index is 0.0846. The van der Waals surface area contributed by atoms with Gasteiger partial charge in [-0.3, -0.25) is 9.78 Å². The third-order valence-electron chi connectivity index (χ3n) is 5.88. The predicted octanol–water partition coefficient (Wildman–Crippen LogP) is 4.07. The molecule has 172 valence electrons. The Hall–Kier alpha value is -3.55. The molecule has 0 bridgehead atoms. The van der Waals surface area contributed by atoms with Crippen LogP contribution in [0.5, 0.6) is 5.88 Å². The number of aromatic nitrogens is 4. The fourth-order valence-electron chi connectivity index (χ4n) is 4.26. The molecule has 0 radical (unpaired) electrons. The Balaban J connectivity index is 1.82. The second kappa shape index (κ2) is 9.94. The standard InChI is InChI=1S/C25H30N6O2/c1-5-33-23-19(9-8-12-27-23)24(32)31-14-7-6-10-21(31)22-20(16-28-25(29-22)30(3)4)18-11-13-26-15-17(18)2/h8-9,11-13,15-16,21H,5-7,10,14H2,1-4H3/t21-/m0/s1. The number of rotatable bonds is 6. The lowest BCUT2D eigenvalue weighted by atomic mass is 9.92. The second-order valence-corrected chi connectivity index (χ2v) is 8.35. The number of aryl methyl sites for hydroxylation is 1. The smallest absolute Gasteiger partial charge is 0.259 e. The average Bonchev–Trinajstić information content (AvgIpc) is 2.84. The largest absolute Gasteiger partial charge is 0.477 e. The van der Waals surface area contributed by atoms with Gasteiger partial charge in [0.2, 0.25) is 11.8 Å². The molecule has 4 heterocycles. The monoisotopic (exact) mass is 446 g/mol. The lowest BCUT2D eigenvalue weighted by molar-refractivity contribution is 0.0601. The van der Waals surface area contributed by atoms with Crippen molar-refractivity contribution < 1.29 is 9.53 Å². The first-order valence-electron chi connectivity index (χ1n) is 11.3. The molecule has 8 heteroatoms. The summed E-state index contributed by atoms with van der Waals surface area (Å²) in [5, 5.41) is 0. The summed E-state index contributed by atoms with van der Waals surface area (Å²) in [4.78, 5) is 35.6. The Morgan fingerprint density at radius 1 is 1.15 bits per heavy atom. The molecule has 33 heavy (non-hydrogen) atoms. The molecule has 1 atom stereocenters. The number of ether oxygens (including phenoxy) is 1. The van der Waals surface area contributed by atoms with E-state index in [0.717, 1.165) is 41.6 Å². The first-order chi connectivity index (χ1) is 16.0. The molecular formula is C25H30N6O2. The van der Waals surface area contributed by atoms with Gasteiger partial charge in [0, 0.05) is 51.0 Å². The van der Waals surface area contributed by atoms with Crippen molar-refractivity contribution in [3.63, 3.8) is 0 Å². The van der Waals surface area contributed by atoms with E-state index in [-0.39, 0.29) is 11.9 Å². The SMILES string of the molecule is CCOc1ncccc1C(=O)N1CCCC[C@H]1c1nc(N(C)C)ncc1-c1ccncc1C. The molecule has 1 amide bonds. The molecule has 8 nitrogen and oxygen atoms in total. The van der Waals surface area contributed by atoms with E-state index in [0.29, 0.717) is 30.5 Å². The van der Waals surface area contributed by atoms with Crippen LogP contribution >= 0.6 is 0 Å². The van der Waals surface area contributed by atoms with E-state index in [2.05, 4.69) is 15.0 Å². The Kier molecular flexibility index (Phi) is 6.82. The maximum Gasteiger partial charge on any atom is 0.259 e. The molecule has 1 fully saturated rings. The molecule has 0 aromatic carbocycles. The highest BCUT2D eigenvalue weighted by molar-refractivity contribution is 5.96. The molecule has 1 aliphatic heterocycles. The van der Waals surface area contributed by atoms with Crippen LogP contribution in [0.1, 0.15) is 53.8 Å². The maximum absolute atomic E-state index is 13.8. The number of hydrogen-bond donors (Lipinski definition) is 0. The van der Waals surface area contributed by atoms with Gasteiger partial charge in [-0.2, -0.15) is 0 Å². The van der Waals surface area contributed by atoms with Gasteiger partial charge in [0.1, 0.15) is 5.56 Å². The lowest BCUT2D eigenvalue weighted by Gasteiger charge is -2.36. The van der Waals surface area contributed by atoms with Gasteiger partial charge in [-0.1, -0.05) is 0 Å². The summed E-state index contributed by atoms with van der Waals surface area (Å²) in [5.74, 6) is 0.907. The van der Waals surface area contributed by atoms with E-state index in [4.69, 9.17) is 9.72 Å². The number of nitrogens with zero attached hydrogens (tertiary/aromatic N) is 6. The fraction of sp³-hybridized carbons (Fsp3) is 0.400. The molecule has 0 unspecified atom stereocenters. The fourth-order valence-corrected chi connectivity index (χ4v) is 4.26. The molecular weight excluding hydrogens is 416 g/mol. The molecule has 0 N–H and O–H groups in total. The zero-order valence-corrected chi connectivity index (χ0v) is 19.7. The van der Waals surface area contributed by atoms with E-state index in [1.165, 1.54) is 0 Å². The van der Waals surface area contributed by atoms with E-state index in [1.807, 2.05) is 56.2 Å². The zero-order chi connectivity index (χ0) is 23.4. The van der Waals surface area contributed by atoms with Crippen molar-refractivity contribution in [3.8, 4) is 17.0 Å². The lowest BCUT2D eigenvalue weighted by Crippen LogP contribution is -2.39. The summed E-state index contributed by atoms with van der Waals surface area (Å²) in [5.41, 5.74) is 4.34. The van der Waals surface area contributed by atoms with E-state index < -0.39 is 0 Å². The van der Waals surface area contributed by atoms with E-state index in [9.17, 15) is 4.79 Å². The van der Waals surface area contributed by atoms with E-state index >= 15 is 0 Å². The van der Waals surface area contributed by atoms with Gasteiger partial charge in [-0.15, -0.1) is 0 Å². The van der Waals surface area contributed by atoms with Crippen LogP contribution in [0.4, 0.5) is 5.95 Å². The number of amides is 1. The summed E-state index contributed by atoms with van der Waals surface area (Å²) in [7, 11) is 3.84. The Bertz CT molecular complexity index is 1130. The Labute approximate surface area is 194 Å². The van der Waals surface area contributed by atoms with Crippen molar-refractivity contribution in [3.05, 3.63) is 59.8 Å². The topological polar surface area (TPSA) is 84.3 Å². The number of carbonyl (C=O) groups excluding carboxylic acids is 1.